The third-order valence-electron chi connectivity index (χ3n) is 3.09. The van der Waals surface area contributed by atoms with E-state index in [1.165, 1.54) is 22.2 Å². The SMILES string of the molecule is OCCN(Cc1csc(Br)c1)CC1CCCN1. The summed E-state index contributed by atoms with van der Waals surface area (Å²) in [5.41, 5.74) is 1.33. The molecular formula is C12H19BrN2OS. The van der Waals surface area contributed by atoms with Crippen LogP contribution >= 0.6 is 27.3 Å². The van der Waals surface area contributed by atoms with E-state index in [-0.39, 0.29) is 6.61 Å². The van der Waals surface area contributed by atoms with E-state index in [2.05, 4.69) is 37.6 Å². The molecule has 0 bridgehead atoms. The van der Waals surface area contributed by atoms with E-state index in [1.54, 1.807) is 11.3 Å². The van der Waals surface area contributed by atoms with Gasteiger partial charge in [0.1, 0.15) is 0 Å². The van der Waals surface area contributed by atoms with E-state index in [0.717, 1.165) is 26.2 Å². The van der Waals surface area contributed by atoms with Gasteiger partial charge in [-0.15, -0.1) is 11.3 Å². The highest BCUT2D eigenvalue weighted by Gasteiger charge is 2.17. The van der Waals surface area contributed by atoms with E-state index < -0.39 is 0 Å². The predicted octanol–water partition coefficient (Wildman–Crippen LogP) is 2.06. The Morgan fingerprint density at radius 2 is 2.47 bits per heavy atom. The summed E-state index contributed by atoms with van der Waals surface area (Å²) in [6, 6.07) is 2.76. The molecule has 2 heterocycles. The molecule has 1 aliphatic rings. The minimum atomic E-state index is 0.234. The van der Waals surface area contributed by atoms with Gasteiger partial charge in [-0.05, 0) is 52.3 Å². The molecule has 1 aliphatic heterocycles. The fraction of sp³-hybridized carbons (Fsp3) is 0.667. The molecular weight excluding hydrogens is 300 g/mol. The molecule has 0 amide bonds. The standard InChI is InChI=1S/C12H19BrN2OS/c13-12-6-10(9-17-12)7-15(4-5-16)8-11-2-1-3-14-11/h6,9,11,14,16H,1-5,7-8H2. The molecule has 1 saturated heterocycles. The summed E-state index contributed by atoms with van der Waals surface area (Å²) in [5.74, 6) is 0. The van der Waals surface area contributed by atoms with Gasteiger partial charge >= 0.3 is 0 Å². The lowest BCUT2D eigenvalue weighted by atomic mass is 10.2. The fourth-order valence-corrected chi connectivity index (χ4v) is 3.49. The first kappa shape index (κ1) is 13.5. The van der Waals surface area contributed by atoms with Crippen LogP contribution in [0.2, 0.25) is 0 Å². The van der Waals surface area contributed by atoms with Crippen LogP contribution in [-0.2, 0) is 6.54 Å². The number of aliphatic hydroxyl groups excluding tert-OH is 1. The Bertz CT molecular complexity index is 339. The Morgan fingerprint density at radius 3 is 3.06 bits per heavy atom. The molecule has 1 fully saturated rings. The van der Waals surface area contributed by atoms with Gasteiger partial charge in [0.05, 0.1) is 10.4 Å². The van der Waals surface area contributed by atoms with Crippen LogP contribution in [0, 0.1) is 0 Å². The van der Waals surface area contributed by atoms with Crippen LogP contribution in [0.4, 0.5) is 0 Å². The summed E-state index contributed by atoms with van der Waals surface area (Å²) in [4.78, 5) is 2.33. The van der Waals surface area contributed by atoms with Crippen molar-refractivity contribution in [3.05, 3.63) is 20.8 Å². The number of nitrogens with one attached hydrogen (secondary N) is 1. The maximum absolute atomic E-state index is 9.13. The molecule has 0 aliphatic carbocycles. The summed E-state index contributed by atoms with van der Waals surface area (Å²) in [6.45, 7) is 4.10. The van der Waals surface area contributed by atoms with Gasteiger partial charge in [0, 0.05) is 25.7 Å². The van der Waals surface area contributed by atoms with E-state index in [1.807, 2.05) is 0 Å². The molecule has 1 atom stereocenters. The highest BCUT2D eigenvalue weighted by atomic mass is 79.9. The molecule has 1 aromatic heterocycles. The molecule has 5 heteroatoms. The highest BCUT2D eigenvalue weighted by molar-refractivity contribution is 9.11. The normalized spacial score (nSPS) is 20.3. The van der Waals surface area contributed by atoms with Crippen LogP contribution in [0.1, 0.15) is 18.4 Å². The highest BCUT2D eigenvalue weighted by Crippen LogP contribution is 2.22. The lowest BCUT2D eigenvalue weighted by Crippen LogP contribution is -2.38. The largest absolute Gasteiger partial charge is 0.395 e. The first-order chi connectivity index (χ1) is 8.28. The topological polar surface area (TPSA) is 35.5 Å². The van der Waals surface area contributed by atoms with Crippen molar-refractivity contribution in [3.63, 3.8) is 0 Å². The van der Waals surface area contributed by atoms with Crippen molar-refractivity contribution in [1.29, 1.82) is 0 Å². The summed E-state index contributed by atoms with van der Waals surface area (Å²) in [7, 11) is 0. The number of aliphatic hydroxyl groups is 1. The van der Waals surface area contributed by atoms with Gasteiger partial charge in [0.15, 0.2) is 0 Å². The maximum Gasteiger partial charge on any atom is 0.0701 e. The molecule has 17 heavy (non-hydrogen) atoms. The number of thiophene rings is 1. The molecule has 0 aromatic carbocycles. The number of hydrogen-bond donors (Lipinski definition) is 2. The lowest BCUT2D eigenvalue weighted by Gasteiger charge is -2.24. The van der Waals surface area contributed by atoms with Crippen molar-refractivity contribution < 1.29 is 5.11 Å². The Labute approximate surface area is 115 Å². The second kappa shape index (κ2) is 6.85. The van der Waals surface area contributed by atoms with Crippen molar-refractivity contribution in [2.75, 3.05) is 26.2 Å². The Hall–Kier alpha value is 0.0600. The summed E-state index contributed by atoms with van der Waals surface area (Å²) in [5, 5.41) is 14.8. The molecule has 0 saturated carbocycles. The Kier molecular flexibility index (Phi) is 5.44. The van der Waals surface area contributed by atoms with Gasteiger partial charge in [-0.3, -0.25) is 4.90 Å². The quantitative estimate of drug-likeness (QED) is 0.842. The minimum Gasteiger partial charge on any atom is -0.395 e. The number of rotatable bonds is 6. The minimum absolute atomic E-state index is 0.234. The number of nitrogens with zero attached hydrogens (tertiary/aromatic N) is 1. The molecule has 2 N–H and O–H groups in total. The monoisotopic (exact) mass is 318 g/mol. The first-order valence-corrected chi connectivity index (χ1v) is 7.74. The second-order valence-electron chi connectivity index (χ2n) is 4.51. The second-order valence-corrected chi connectivity index (χ2v) is 6.80. The third-order valence-corrected chi connectivity index (χ3v) is 4.64. The predicted molar refractivity (Wildman–Crippen MR) is 75.4 cm³/mol. The van der Waals surface area contributed by atoms with Gasteiger partial charge in [-0.2, -0.15) is 0 Å². The number of hydrogen-bond acceptors (Lipinski definition) is 4. The maximum atomic E-state index is 9.13. The zero-order valence-electron chi connectivity index (χ0n) is 9.86. The van der Waals surface area contributed by atoms with Crippen LogP contribution in [0.5, 0.6) is 0 Å². The van der Waals surface area contributed by atoms with Crippen LogP contribution in [0.3, 0.4) is 0 Å². The fourth-order valence-electron chi connectivity index (χ4n) is 2.29. The van der Waals surface area contributed by atoms with Gasteiger partial charge in [-0.1, -0.05) is 0 Å². The molecule has 1 unspecified atom stereocenters. The van der Waals surface area contributed by atoms with Crippen LogP contribution in [0.15, 0.2) is 15.2 Å². The van der Waals surface area contributed by atoms with E-state index in [4.69, 9.17) is 5.11 Å². The van der Waals surface area contributed by atoms with Crippen LogP contribution < -0.4 is 5.32 Å². The molecule has 96 valence electrons. The van der Waals surface area contributed by atoms with E-state index in [0.29, 0.717) is 6.04 Å². The molecule has 2 rings (SSSR count). The first-order valence-electron chi connectivity index (χ1n) is 6.07. The van der Waals surface area contributed by atoms with E-state index in [9.17, 15) is 0 Å². The lowest BCUT2D eigenvalue weighted by molar-refractivity contribution is 0.179. The third kappa shape index (κ3) is 4.34. The van der Waals surface area contributed by atoms with Gasteiger partial charge < -0.3 is 10.4 Å². The van der Waals surface area contributed by atoms with Crippen molar-refractivity contribution in [1.82, 2.24) is 10.2 Å². The van der Waals surface area contributed by atoms with Gasteiger partial charge in [0.25, 0.3) is 0 Å². The Balaban J connectivity index is 1.87. The molecule has 3 nitrogen and oxygen atoms in total. The van der Waals surface area contributed by atoms with Crippen molar-refractivity contribution in [2.24, 2.45) is 0 Å². The van der Waals surface area contributed by atoms with E-state index >= 15 is 0 Å². The molecule has 1 aromatic rings. The van der Waals surface area contributed by atoms with Gasteiger partial charge in [0.2, 0.25) is 0 Å². The van der Waals surface area contributed by atoms with Crippen molar-refractivity contribution in [2.45, 2.75) is 25.4 Å². The van der Waals surface area contributed by atoms with Crippen LogP contribution in [-0.4, -0.2) is 42.3 Å². The molecule has 0 radical (unpaired) electrons. The average molecular weight is 319 g/mol. The van der Waals surface area contributed by atoms with Crippen LogP contribution in [0.25, 0.3) is 0 Å². The van der Waals surface area contributed by atoms with Crippen molar-refractivity contribution >= 4 is 27.3 Å². The average Bonchev–Trinajstić information content (AvgIpc) is 2.91. The van der Waals surface area contributed by atoms with Gasteiger partial charge in [-0.25, -0.2) is 0 Å². The smallest absolute Gasteiger partial charge is 0.0701 e. The zero-order chi connectivity index (χ0) is 12.1. The summed E-state index contributed by atoms with van der Waals surface area (Å²) in [6.07, 6.45) is 2.54. The number of halogens is 1. The van der Waals surface area contributed by atoms with Crippen molar-refractivity contribution in [3.8, 4) is 0 Å². The molecule has 0 spiro atoms. The zero-order valence-corrected chi connectivity index (χ0v) is 12.3. The summed E-state index contributed by atoms with van der Waals surface area (Å²) >= 11 is 5.21. The Morgan fingerprint density at radius 1 is 1.59 bits per heavy atom. The summed E-state index contributed by atoms with van der Waals surface area (Å²) < 4.78 is 1.18.